The molecule has 1 atom stereocenters. The van der Waals surface area contributed by atoms with Crippen molar-refractivity contribution in [2.75, 3.05) is 0 Å². The highest BCUT2D eigenvalue weighted by Crippen LogP contribution is 2.40. The molecule has 0 spiro atoms. The lowest BCUT2D eigenvalue weighted by Gasteiger charge is -2.09. The summed E-state index contributed by atoms with van der Waals surface area (Å²) in [6.45, 7) is 2.21. The summed E-state index contributed by atoms with van der Waals surface area (Å²) in [6, 6.07) is 46.0. The zero-order chi connectivity index (χ0) is 34.3. The molecule has 0 saturated carbocycles. The van der Waals surface area contributed by atoms with Crippen molar-refractivity contribution < 1.29 is 8.83 Å². The van der Waals surface area contributed by atoms with Crippen molar-refractivity contribution in [3.63, 3.8) is 0 Å². The molecule has 6 nitrogen and oxygen atoms in total. The summed E-state index contributed by atoms with van der Waals surface area (Å²) < 4.78 is 15.7. The Morgan fingerprint density at radius 2 is 1.23 bits per heavy atom. The Bertz CT molecular complexity index is 3020. The third-order valence-corrected chi connectivity index (χ3v) is 10.4. The molecule has 0 fully saturated rings. The summed E-state index contributed by atoms with van der Waals surface area (Å²) in [5.41, 5.74) is 9.42. The van der Waals surface area contributed by atoms with Crippen LogP contribution in [-0.2, 0) is 6.42 Å². The van der Waals surface area contributed by atoms with E-state index in [-0.39, 0.29) is 0 Å². The Labute approximate surface area is 298 Å². The van der Waals surface area contributed by atoms with E-state index in [0.717, 1.165) is 84.1 Å². The lowest BCUT2D eigenvalue weighted by Crippen LogP contribution is -2.00. The molecule has 4 aromatic heterocycles. The fourth-order valence-corrected chi connectivity index (χ4v) is 7.94. The average Bonchev–Trinajstić information content (AvgIpc) is 3.87. The van der Waals surface area contributed by atoms with Crippen molar-refractivity contribution in [3.8, 4) is 39.9 Å². The summed E-state index contributed by atoms with van der Waals surface area (Å²) >= 11 is 0. The predicted octanol–water partition coefficient (Wildman–Crippen LogP) is 11.8. The van der Waals surface area contributed by atoms with E-state index in [1.807, 2.05) is 36.4 Å². The normalized spacial score (nSPS) is 14.3. The molecule has 0 amide bonds. The van der Waals surface area contributed by atoms with Crippen LogP contribution in [-0.4, -0.2) is 19.5 Å². The van der Waals surface area contributed by atoms with E-state index in [1.165, 1.54) is 10.8 Å². The van der Waals surface area contributed by atoms with Gasteiger partial charge >= 0.3 is 0 Å². The van der Waals surface area contributed by atoms with Crippen molar-refractivity contribution in [2.45, 2.75) is 13.3 Å². The van der Waals surface area contributed by atoms with E-state index < -0.39 is 0 Å². The standard InChI is InChI=1S/C46H30N4O2/c1-27-21-23-32-34-15-9-17-36(42(34)51-40(32)25-27)46-48-44(28-11-3-2-4-12-28)47-45(49-46)29-22-24-33-35-16-10-20-39(43(35)52-41(33)26-29)50-37-18-7-5-13-30(37)31-14-6-8-19-38(31)50/h2-24,26-27H,25H2,1H3. The fourth-order valence-electron chi connectivity index (χ4n) is 7.94. The number of fused-ring (bicyclic) bond motifs is 9. The van der Waals surface area contributed by atoms with Gasteiger partial charge in [-0.15, -0.1) is 0 Å². The number of furan rings is 2. The minimum atomic E-state index is 0.427. The van der Waals surface area contributed by atoms with Gasteiger partial charge in [0.05, 0.1) is 22.3 Å². The molecular weight excluding hydrogens is 641 g/mol. The second-order valence-corrected chi connectivity index (χ2v) is 13.7. The first-order valence-corrected chi connectivity index (χ1v) is 17.7. The zero-order valence-electron chi connectivity index (χ0n) is 28.2. The lowest BCUT2D eigenvalue weighted by molar-refractivity contribution is 0.514. The monoisotopic (exact) mass is 670 g/mol. The van der Waals surface area contributed by atoms with Crippen molar-refractivity contribution >= 4 is 60.8 Å². The van der Waals surface area contributed by atoms with E-state index in [2.05, 4.69) is 121 Å². The summed E-state index contributed by atoms with van der Waals surface area (Å²) in [7, 11) is 0. The van der Waals surface area contributed by atoms with E-state index in [9.17, 15) is 0 Å². The molecule has 1 unspecified atom stereocenters. The first kappa shape index (κ1) is 29.0. The Kier molecular flexibility index (Phi) is 6.19. The SMILES string of the molecule is CC1C=Cc2c(oc3c(-c4nc(-c5ccccc5)nc(-c5ccc6c(c5)oc5c(-n7c8ccccc8c8ccccc87)cccc56)n4)cccc23)C1. The third kappa shape index (κ3) is 4.34. The van der Waals surface area contributed by atoms with Crippen LogP contribution in [0.1, 0.15) is 18.2 Å². The molecule has 1 aliphatic carbocycles. The fraction of sp³-hybridized carbons (Fsp3) is 0.0652. The summed E-state index contributed by atoms with van der Waals surface area (Å²) in [6.07, 6.45) is 5.30. The second-order valence-electron chi connectivity index (χ2n) is 13.7. The number of para-hydroxylation sites is 4. The number of allylic oxidation sites excluding steroid dienone is 1. The van der Waals surface area contributed by atoms with Crippen LogP contribution in [0.15, 0.2) is 148 Å². The molecule has 10 aromatic rings. The zero-order valence-corrected chi connectivity index (χ0v) is 28.2. The second kappa shape index (κ2) is 11.1. The van der Waals surface area contributed by atoms with Gasteiger partial charge in [0.15, 0.2) is 23.1 Å². The third-order valence-electron chi connectivity index (χ3n) is 10.4. The summed E-state index contributed by atoms with van der Waals surface area (Å²) in [4.78, 5) is 15.2. The molecule has 52 heavy (non-hydrogen) atoms. The summed E-state index contributed by atoms with van der Waals surface area (Å²) in [5, 5.41) is 5.59. The van der Waals surface area contributed by atoms with Gasteiger partial charge in [0.25, 0.3) is 0 Å². The van der Waals surface area contributed by atoms with E-state index in [0.29, 0.717) is 23.4 Å². The van der Waals surface area contributed by atoms with Crippen LogP contribution in [0.3, 0.4) is 0 Å². The molecule has 0 bridgehead atoms. The van der Waals surface area contributed by atoms with Gasteiger partial charge in [0.1, 0.15) is 16.9 Å². The first-order valence-electron chi connectivity index (χ1n) is 17.7. The van der Waals surface area contributed by atoms with Gasteiger partial charge in [-0.3, -0.25) is 0 Å². The van der Waals surface area contributed by atoms with Crippen LogP contribution in [0.25, 0.3) is 101 Å². The number of nitrogens with zero attached hydrogens (tertiary/aromatic N) is 4. The first-order chi connectivity index (χ1) is 25.7. The number of benzene rings is 6. The maximum absolute atomic E-state index is 6.80. The summed E-state index contributed by atoms with van der Waals surface area (Å²) in [5.74, 6) is 3.16. The molecule has 246 valence electrons. The van der Waals surface area contributed by atoms with Gasteiger partial charge in [0, 0.05) is 50.0 Å². The molecule has 1 aliphatic rings. The van der Waals surface area contributed by atoms with Gasteiger partial charge in [-0.05, 0) is 42.3 Å². The van der Waals surface area contributed by atoms with Crippen LogP contribution >= 0.6 is 0 Å². The van der Waals surface area contributed by atoms with Crippen LogP contribution in [0.2, 0.25) is 0 Å². The van der Waals surface area contributed by atoms with Crippen LogP contribution < -0.4 is 0 Å². The number of aromatic nitrogens is 4. The van der Waals surface area contributed by atoms with Crippen molar-refractivity contribution in [3.05, 3.63) is 151 Å². The quantitative estimate of drug-likeness (QED) is 0.186. The molecule has 11 rings (SSSR count). The predicted molar refractivity (Wildman–Crippen MR) is 209 cm³/mol. The Morgan fingerprint density at radius 3 is 2.04 bits per heavy atom. The minimum Gasteiger partial charge on any atom is -0.460 e. The molecule has 6 heteroatoms. The van der Waals surface area contributed by atoms with Crippen LogP contribution in [0.4, 0.5) is 0 Å². The Hall–Kier alpha value is -6.79. The highest BCUT2D eigenvalue weighted by molar-refractivity contribution is 6.13. The Balaban J connectivity index is 1.10. The number of hydrogen-bond acceptors (Lipinski definition) is 5. The number of rotatable bonds is 4. The van der Waals surface area contributed by atoms with E-state index in [4.69, 9.17) is 23.8 Å². The number of hydrogen-bond donors (Lipinski definition) is 0. The maximum Gasteiger partial charge on any atom is 0.167 e. The minimum absolute atomic E-state index is 0.427. The lowest BCUT2D eigenvalue weighted by atomic mass is 9.95. The van der Waals surface area contributed by atoms with Gasteiger partial charge < -0.3 is 13.4 Å². The average molecular weight is 671 g/mol. The molecule has 0 aliphatic heterocycles. The van der Waals surface area contributed by atoms with Gasteiger partial charge in [-0.25, -0.2) is 15.0 Å². The van der Waals surface area contributed by atoms with Crippen molar-refractivity contribution in [2.24, 2.45) is 5.92 Å². The van der Waals surface area contributed by atoms with Gasteiger partial charge in [-0.2, -0.15) is 0 Å². The molecular formula is C46H30N4O2. The van der Waals surface area contributed by atoms with Gasteiger partial charge in [-0.1, -0.05) is 116 Å². The molecule has 0 radical (unpaired) electrons. The maximum atomic E-state index is 6.80. The molecule has 4 heterocycles. The molecule has 0 N–H and O–H groups in total. The van der Waals surface area contributed by atoms with Gasteiger partial charge in [0.2, 0.25) is 0 Å². The Morgan fingerprint density at radius 1 is 0.558 bits per heavy atom. The largest absolute Gasteiger partial charge is 0.460 e. The van der Waals surface area contributed by atoms with Crippen molar-refractivity contribution in [1.29, 1.82) is 0 Å². The highest BCUT2D eigenvalue weighted by Gasteiger charge is 2.23. The van der Waals surface area contributed by atoms with Crippen LogP contribution in [0.5, 0.6) is 0 Å². The highest BCUT2D eigenvalue weighted by atomic mass is 16.3. The van der Waals surface area contributed by atoms with E-state index in [1.54, 1.807) is 0 Å². The molecule has 6 aromatic carbocycles. The molecule has 0 saturated heterocycles. The van der Waals surface area contributed by atoms with E-state index >= 15 is 0 Å². The van der Waals surface area contributed by atoms with Crippen molar-refractivity contribution in [1.82, 2.24) is 19.5 Å². The topological polar surface area (TPSA) is 69.9 Å². The van der Waals surface area contributed by atoms with Crippen LogP contribution in [0, 0.1) is 5.92 Å². The smallest absolute Gasteiger partial charge is 0.167 e.